The first-order valence-electron chi connectivity index (χ1n) is 10.00. The second-order valence-corrected chi connectivity index (χ2v) is 7.23. The highest BCUT2D eigenvalue weighted by atomic mass is 16.5. The zero-order valence-electron chi connectivity index (χ0n) is 17.0. The lowest BCUT2D eigenvalue weighted by Gasteiger charge is -2.04. The summed E-state index contributed by atoms with van der Waals surface area (Å²) < 4.78 is 8.79. The van der Waals surface area contributed by atoms with Crippen molar-refractivity contribution < 1.29 is 4.52 Å². The van der Waals surface area contributed by atoms with Crippen molar-refractivity contribution in [3.05, 3.63) is 52.3 Å². The van der Waals surface area contributed by atoms with Crippen LogP contribution in [0.25, 0.3) is 39.3 Å². The van der Waals surface area contributed by atoms with Crippen LogP contribution in [-0.2, 0) is 13.0 Å². The van der Waals surface area contributed by atoms with E-state index in [1.54, 1.807) is 6.92 Å². The lowest BCUT2D eigenvalue weighted by Crippen LogP contribution is -2.14. The van der Waals surface area contributed by atoms with Crippen molar-refractivity contribution in [3.63, 3.8) is 0 Å². The van der Waals surface area contributed by atoms with Crippen molar-refractivity contribution in [1.82, 2.24) is 34.5 Å². The SMILES string of the molecule is CCCc1[nH]n2c(=O)cc(-c3ccc4c(cnn4CC)c3)nc2c1-c1nc(C)no1. The van der Waals surface area contributed by atoms with E-state index >= 15 is 0 Å². The van der Waals surface area contributed by atoms with E-state index in [-0.39, 0.29) is 5.56 Å². The molecular weight excluding hydrogens is 382 g/mol. The number of nitrogens with zero attached hydrogens (tertiary/aromatic N) is 6. The normalized spacial score (nSPS) is 11.7. The largest absolute Gasteiger partial charge is 0.334 e. The van der Waals surface area contributed by atoms with E-state index in [1.165, 1.54) is 10.6 Å². The van der Waals surface area contributed by atoms with Crippen molar-refractivity contribution >= 4 is 16.6 Å². The molecule has 152 valence electrons. The van der Waals surface area contributed by atoms with Crippen LogP contribution in [0.2, 0.25) is 0 Å². The predicted octanol–water partition coefficient (Wildman–Crippen LogP) is 3.37. The number of aromatic nitrogens is 7. The monoisotopic (exact) mass is 403 g/mol. The maximum atomic E-state index is 12.9. The van der Waals surface area contributed by atoms with Gasteiger partial charge in [0.05, 0.1) is 17.4 Å². The summed E-state index contributed by atoms with van der Waals surface area (Å²) in [4.78, 5) is 22.1. The highest BCUT2D eigenvalue weighted by Gasteiger charge is 2.21. The summed E-state index contributed by atoms with van der Waals surface area (Å²) in [6, 6.07) is 7.51. The van der Waals surface area contributed by atoms with Crippen LogP contribution < -0.4 is 5.56 Å². The number of nitrogens with one attached hydrogen (secondary N) is 1. The van der Waals surface area contributed by atoms with E-state index in [0.29, 0.717) is 28.6 Å². The van der Waals surface area contributed by atoms with Gasteiger partial charge in [0.2, 0.25) is 0 Å². The Morgan fingerprint density at radius 3 is 2.77 bits per heavy atom. The number of H-pyrrole nitrogens is 1. The van der Waals surface area contributed by atoms with Crippen molar-refractivity contribution in [2.24, 2.45) is 0 Å². The molecule has 0 spiro atoms. The third-order valence-electron chi connectivity index (χ3n) is 5.17. The predicted molar refractivity (Wildman–Crippen MR) is 112 cm³/mol. The summed E-state index contributed by atoms with van der Waals surface area (Å²) in [5, 5.41) is 12.5. The molecule has 9 heteroatoms. The molecule has 0 bridgehead atoms. The molecule has 1 N–H and O–H groups in total. The molecule has 0 saturated heterocycles. The van der Waals surface area contributed by atoms with Crippen LogP contribution in [0, 0.1) is 6.92 Å². The third-order valence-corrected chi connectivity index (χ3v) is 5.17. The maximum absolute atomic E-state index is 12.9. The molecule has 9 nitrogen and oxygen atoms in total. The first-order chi connectivity index (χ1) is 14.6. The fourth-order valence-electron chi connectivity index (χ4n) is 3.78. The highest BCUT2D eigenvalue weighted by Crippen LogP contribution is 2.29. The zero-order chi connectivity index (χ0) is 20.8. The van der Waals surface area contributed by atoms with Gasteiger partial charge in [-0.05, 0) is 32.4 Å². The van der Waals surface area contributed by atoms with Gasteiger partial charge in [0, 0.05) is 29.3 Å². The number of benzene rings is 1. The van der Waals surface area contributed by atoms with Gasteiger partial charge in [0.25, 0.3) is 11.4 Å². The Morgan fingerprint density at radius 2 is 2.03 bits per heavy atom. The minimum atomic E-state index is -0.195. The van der Waals surface area contributed by atoms with Crippen molar-refractivity contribution in [1.29, 1.82) is 0 Å². The van der Waals surface area contributed by atoms with E-state index < -0.39 is 0 Å². The van der Waals surface area contributed by atoms with Gasteiger partial charge in [0.1, 0.15) is 5.56 Å². The van der Waals surface area contributed by atoms with Crippen LogP contribution in [-0.4, -0.2) is 34.5 Å². The van der Waals surface area contributed by atoms with E-state index in [1.807, 2.05) is 29.1 Å². The first-order valence-corrected chi connectivity index (χ1v) is 10.00. The number of hydrogen-bond donors (Lipinski definition) is 1. The molecule has 0 radical (unpaired) electrons. The molecule has 0 aliphatic rings. The molecule has 0 aliphatic heterocycles. The van der Waals surface area contributed by atoms with Gasteiger partial charge >= 0.3 is 0 Å². The average Bonchev–Trinajstić information content (AvgIpc) is 3.44. The van der Waals surface area contributed by atoms with Crippen LogP contribution in [0.1, 0.15) is 31.8 Å². The van der Waals surface area contributed by atoms with Gasteiger partial charge in [-0.3, -0.25) is 14.6 Å². The number of hydrogen-bond acceptors (Lipinski definition) is 6. The van der Waals surface area contributed by atoms with Crippen LogP contribution in [0.5, 0.6) is 0 Å². The van der Waals surface area contributed by atoms with Gasteiger partial charge in [-0.1, -0.05) is 24.6 Å². The van der Waals surface area contributed by atoms with Crippen LogP contribution >= 0.6 is 0 Å². The van der Waals surface area contributed by atoms with Crippen molar-refractivity contribution in [2.45, 2.75) is 40.2 Å². The van der Waals surface area contributed by atoms with E-state index in [4.69, 9.17) is 9.51 Å². The molecule has 1 aromatic carbocycles. The quantitative estimate of drug-likeness (QED) is 0.482. The molecule has 4 heterocycles. The molecule has 5 rings (SSSR count). The summed E-state index contributed by atoms with van der Waals surface area (Å²) in [5.41, 5.74) is 4.30. The summed E-state index contributed by atoms with van der Waals surface area (Å²) >= 11 is 0. The van der Waals surface area contributed by atoms with Gasteiger partial charge in [-0.2, -0.15) is 10.1 Å². The molecule has 0 fully saturated rings. The van der Waals surface area contributed by atoms with E-state index in [2.05, 4.69) is 34.2 Å². The van der Waals surface area contributed by atoms with E-state index in [9.17, 15) is 4.79 Å². The number of aryl methyl sites for hydroxylation is 3. The number of aromatic amines is 1. The lowest BCUT2D eigenvalue weighted by atomic mass is 10.1. The zero-order valence-corrected chi connectivity index (χ0v) is 17.0. The van der Waals surface area contributed by atoms with Gasteiger partial charge < -0.3 is 4.52 Å². The lowest BCUT2D eigenvalue weighted by molar-refractivity contribution is 0.425. The average molecular weight is 403 g/mol. The highest BCUT2D eigenvalue weighted by molar-refractivity contribution is 5.84. The number of fused-ring (bicyclic) bond motifs is 2. The Balaban J connectivity index is 1.74. The molecule has 0 amide bonds. The minimum absolute atomic E-state index is 0.195. The maximum Gasteiger partial charge on any atom is 0.273 e. The summed E-state index contributed by atoms with van der Waals surface area (Å²) in [6.45, 7) is 6.68. The Bertz CT molecular complexity index is 1440. The summed E-state index contributed by atoms with van der Waals surface area (Å²) in [7, 11) is 0. The molecule has 5 aromatic rings. The fourth-order valence-corrected chi connectivity index (χ4v) is 3.78. The Labute approximate surface area is 171 Å². The minimum Gasteiger partial charge on any atom is -0.334 e. The molecule has 0 aliphatic carbocycles. The molecular formula is C21H21N7O2. The Hall–Kier alpha value is -3.75. The second kappa shape index (κ2) is 6.94. The molecule has 4 aromatic heterocycles. The smallest absolute Gasteiger partial charge is 0.273 e. The van der Waals surface area contributed by atoms with E-state index in [0.717, 1.165) is 41.5 Å². The van der Waals surface area contributed by atoms with Crippen LogP contribution in [0.15, 0.2) is 39.8 Å². The molecule has 30 heavy (non-hydrogen) atoms. The molecule has 0 unspecified atom stereocenters. The van der Waals surface area contributed by atoms with Gasteiger partial charge in [-0.15, -0.1) is 0 Å². The molecule has 0 saturated carbocycles. The Kier molecular flexibility index (Phi) is 4.23. The summed E-state index contributed by atoms with van der Waals surface area (Å²) in [6.07, 6.45) is 3.46. The molecule has 0 atom stereocenters. The Morgan fingerprint density at radius 1 is 1.17 bits per heavy atom. The number of rotatable bonds is 5. The summed E-state index contributed by atoms with van der Waals surface area (Å²) in [5.74, 6) is 0.891. The van der Waals surface area contributed by atoms with Crippen molar-refractivity contribution in [3.8, 4) is 22.7 Å². The third kappa shape index (κ3) is 2.81. The first kappa shape index (κ1) is 18.3. The van der Waals surface area contributed by atoms with Crippen LogP contribution in [0.3, 0.4) is 0 Å². The van der Waals surface area contributed by atoms with Gasteiger partial charge in [0.15, 0.2) is 11.5 Å². The fraction of sp³-hybridized carbons (Fsp3) is 0.286. The second-order valence-electron chi connectivity index (χ2n) is 7.23. The standard InChI is InChI=1S/C21H21N7O2/c1-4-6-15-19(21-23-12(3)26-30-21)20-24-16(10-18(29)28(20)25-15)13-7-8-17-14(9-13)11-22-27(17)5-2/h7-11,25H,4-6H2,1-3H3. The van der Waals surface area contributed by atoms with Crippen LogP contribution in [0.4, 0.5) is 0 Å². The topological polar surface area (TPSA) is 107 Å². The van der Waals surface area contributed by atoms with Crippen molar-refractivity contribution in [2.75, 3.05) is 0 Å². The van der Waals surface area contributed by atoms with Gasteiger partial charge in [-0.25, -0.2) is 9.50 Å².